The number of hydrogen-bond acceptors (Lipinski definition) is 4. The minimum absolute atomic E-state index is 0.0273. The van der Waals surface area contributed by atoms with Gasteiger partial charge in [-0.1, -0.05) is 17.7 Å². The van der Waals surface area contributed by atoms with E-state index in [0.29, 0.717) is 29.5 Å². The third-order valence-electron chi connectivity index (χ3n) is 3.40. The molecule has 1 saturated heterocycles. The molecule has 6 heteroatoms. The number of nitrogens with zero attached hydrogens (tertiary/aromatic N) is 1. The quantitative estimate of drug-likeness (QED) is 0.842. The van der Waals surface area contributed by atoms with E-state index in [2.05, 4.69) is 0 Å². The number of carbonyl (C=O) groups is 1. The Morgan fingerprint density at radius 2 is 1.95 bits per heavy atom. The third-order valence-corrected chi connectivity index (χ3v) is 3.73. The zero-order valence-corrected chi connectivity index (χ0v) is 14.0. The zero-order valence-electron chi connectivity index (χ0n) is 13.3. The van der Waals surface area contributed by atoms with Crippen molar-refractivity contribution in [3.8, 4) is 5.75 Å². The Hall–Kier alpha value is -1.62. The molecule has 0 aliphatic carbocycles. The Morgan fingerprint density at radius 3 is 2.55 bits per heavy atom. The fourth-order valence-electron chi connectivity index (χ4n) is 2.28. The first-order chi connectivity index (χ1) is 10.3. The van der Waals surface area contributed by atoms with E-state index in [1.54, 1.807) is 17.0 Å². The second kappa shape index (κ2) is 6.65. The molecule has 1 aliphatic rings. The van der Waals surface area contributed by atoms with Crippen LogP contribution in [-0.4, -0.2) is 35.8 Å². The highest BCUT2D eigenvalue weighted by atomic mass is 35.5. The fourth-order valence-corrected chi connectivity index (χ4v) is 2.45. The summed E-state index contributed by atoms with van der Waals surface area (Å²) in [5, 5.41) is 0.490. The topological polar surface area (TPSA) is 64.8 Å². The number of piperidine rings is 1. The average Bonchev–Trinajstić information content (AvgIpc) is 2.43. The number of nitrogens with two attached hydrogens (primary N) is 1. The van der Waals surface area contributed by atoms with Crippen LogP contribution in [0.15, 0.2) is 18.2 Å². The molecule has 122 valence electrons. The number of benzene rings is 1. The molecule has 5 nitrogen and oxygen atoms in total. The molecule has 1 heterocycles. The van der Waals surface area contributed by atoms with Crippen molar-refractivity contribution < 1.29 is 14.3 Å². The van der Waals surface area contributed by atoms with E-state index in [1.807, 2.05) is 26.8 Å². The predicted octanol–water partition coefficient (Wildman–Crippen LogP) is 3.70. The van der Waals surface area contributed by atoms with Crippen molar-refractivity contribution in [2.24, 2.45) is 0 Å². The summed E-state index contributed by atoms with van der Waals surface area (Å²) in [4.78, 5) is 13.7. The molecule has 0 bridgehead atoms. The lowest BCUT2D eigenvalue weighted by atomic mass is 10.1. The Labute approximate surface area is 136 Å². The lowest BCUT2D eigenvalue weighted by Crippen LogP contribution is -2.44. The van der Waals surface area contributed by atoms with Crippen molar-refractivity contribution >= 4 is 23.4 Å². The minimum atomic E-state index is -0.473. The van der Waals surface area contributed by atoms with Gasteiger partial charge in [0.05, 0.1) is 10.7 Å². The number of amides is 1. The molecule has 22 heavy (non-hydrogen) atoms. The van der Waals surface area contributed by atoms with Crippen molar-refractivity contribution in [3.63, 3.8) is 0 Å². The molecule has 1 aliphatic heterocycles. The summed E-state index contributed by atoms with van der Waals surface area (Å²) in [5.41, 5.74) is 5.89. The summed E-state index contributed by atoms with van der Waals surface area (Å²) in [5.74, 6) is 0.600. The van der Waals surface area contributed by atoms with Crippen molar-refractivity contribution in [2.45, 2.75) is 45.3 Å². The Kier molecular flexibility index (Phi) is 5.06. The van der Waals surface area contributed by atoms with Crippen LogP contribution in [0.2, 0.25) is 5.02 Å². The van der Waals surface area contributed by atoms with E-state index in [-0.39, 0.29) is 12.2 Å². The second-order valence-corrected chi connectivity index (χ2v) is 6.84. The highest BCUT2D eigenvalue weighted by molar-refractivity contribution is 6.33. The van der Waals surface area contributed by atoms with Gasteiger partial charge in [0.2, 0.25) is 0 Å². The van der Waals surface area contributed by atoms with Crippen LogP contribution in [0.3, 0.4) is 0 Å². The maximum Gasteiger partial charge on any atom is 0.410 e. The van der Waals surface area contributed by atoms with E-state index in [4.69, 9.17) is 26.8 Å². The van der Waals surface area contributed by atoms with Crippen molar-refractivity contribution in [1.29, 1.82) is 0 Å². The van der Waals surface area contributed by atoms with E-state index in [0.717, 1.165) is 12.8 Å². The maximum absolute atomic E-state index is 12.0. The van der Waals surface area contributed by atoms with Crippen LogP contribution >= 0.6 is 11.6 Å². The molecule has 1 amide bonds. The molecule has 1 aromatic rings. The number of para-hydroxylation sites is 1. The standard InChI is InChI=1S/C16H23ClN2O3/c1-16(2,3)22-15(20)19-9-7-11(8-10-19)21-13-6-4-5-12(17)14(13)18/h4-6,11H,7-10,18H2,1-3H3. The van der Waals surface area contributed by atoms with Crippen LogP contribution in [-0.2, 0) is 4.74 Å². The molecule has 0 unspecified atom stereocenters. The van der Waals surface area contributed by atoms with E-state index in [1.165, 1.54) is 0 Å². The van der Waals surface area contributed by atoms with Crippen molar-refractivity contribution in [2.75, 3.05) is 18.8 Å². The number of likely N-dealkylation sites (tertiary alicyclic amines) is 1. The van der Waals surface area contributed by atoms with Gasteiger partial charge < -0.3 is 20.1 Å². The summed E-state index contributed by atoms with van der Waals surface area (Å²) in [6.45, 7) is 6.81. The summed E-state index contributed by atoms with van der Waals surface area (Å²) in [6.07, 6.45) is 1.24. The third kappa shape index (κ3) is 4.44. The number of nitrogen functional groups attached to an aromatic ring is 1. The number of ether oxygens (including phenoxy) is 2. The molecule has 2 N–H and O–H groups in total. The first-order valence-electron chi connectivity index (χ1n) is 7.45. The van der Waals surface area contributed by atoms with E-state index in [9.17, 15) is 4.79 Å². The van der Waals surface area contributed by atoms with Crippen LogP contribution in [0.1, 0.15) is 33.6 Å². The highest BCUT2D eigenvalue weighted by Crippen LogP contribution is 2.31. The summed E-state index contributed by atoms with van der Waals surface area (Å²) in [6, 6.07) is 5.35. The van der Waals surface area contributed by atoms with Gasteiger partial charge in [-0.15, -0.1) is 0 Å². The predicted molar refractivity (Wildman–Crippen MR) is 87.3 cm³/mol. The molecule has 0 spiro atoms. The van der Waals surface area contributed by atoms with E-state index < -0.39 is 5.60 Å². The SMILES string of the molecule is CC(C)(C)OC(=O)N1CCC(Oc2cccc(Cl)c2N)CC1. The van der Waals surface area contributed by atoms with Gasteiger partial charge in [-0.3, -0.25) is 0 Å². The molecule has 0 saturated carbocycles. The first kappa shape index (κ1) is 16.7. The van der Waals surface area contributed by atoms with E-state index >= 15 is 0 Å². The number of hydrogen-bond donors (Lipinski definition) is 1. The Bertz CT molecular complexity index is 535. The molecule has 0 aromatic heterocycles. The largest absolute Gasteiger partial charge is 0.488 e. The minimum Gasteiger partial charge on any atom is -0.488 e. The van der Waals surface area contributed by atoms with Gasteiger partial charge in [-0.2, -0.15) is 0 Å². The Balaban J connectivity index is 1.87. The van der Waals surface area contributed by atoms with Gasteiger partial charge in [-0.25, -0.2) is 4.79 Å². The summed E-state index contributed by atoms with van der Waals surface area (Å²) in [7, 11) is 0. The fraction of sp³-hybridized carbons (Fsp3) is 0.562. The molecule has 0 radical (unpaired) electrons. The lowest BCUT2D eigenvalue weighted by molar-refractivity contribution is 0.0127. The average molecular weight is 327 g/mol. The first-order valence-corrected chi connectivity index (χ1v) is 7.82. The zero-order chi connectivity index (χ0) is 16.3. The molecule has 0 atom stereocenters. The molecule has 1 aromatic carbocycles. The van der Waals surface area contributed by atoms with Gasteiger partial charge in [0.25, 0.3) is 0 Å². The summed E-state index contributed by atoms with van der Waals surface area (Å²) >= 11 is 5.98. The maximum atomic E-state index is 12.0. The lowest BCUT2D eigenvalue weighted by Gasteiger charge is -2.33. The number of carbonyl (C=O) groups excluding carboxylic acids is 1. The molecular weight excluding hydrogens is 304 g/mol. The smallest absolute Gasteiger partial charge is 0.410 e. The molecule has 2 rings (SSSR count). The van der Waals surface area contributed by atoms with Crippen molar-refractivity contribution in [1.82, 2.24) is 4.90 Å². The number of anilines is 1. The normalized spacial score (nSPS) is 16.5. The van der Waals surface area contributed by atoms with Crippen LogP contribution in [0, 0.1) is 0 Å². The number of halogens is 1. The van der Waals surface area contributed by atoms with Gasteiger partial charge >= 0.3 is 6.09 Å². The van der Waals surface area contributed by atoms with Crippen LogP contribution in [0.25, 0.3) is 0 Å². The van der Waals surface area contributed by atoms with Crippen molar-refractivity contribution in [3.05, 3.63) is 23.2 Å². The summed E-state index contributed by atoms with van der Waals surface area (Å²) < 4.78 is 11.3. The van der Waals surface area contributed by atoms with Crippen LogP contribution in [0.5, 0.6) is 5.75 Å². The van der Waals surface area contributed by atoms with Gasteiger partial charge in [-0.05, 0) is 32.9 Å². The molecular formula is C16H23ClN2O3. The van der Waals surface area contributed by atoms with Gasteiger partial charge in [0, 0.05) is 25.9 Å². The van der Waals surface area contributed by atoms with Crippen LogP contribution in [0.4, 0.5) is 10.5 Å². The molecule has 1 fully saturated rings. The van der Waals surface area contributed by atoms with Crippen LogP contribution < -0.4 is 10.5 Å². The monoisotopic (exact) mass is 326 g/mol. The number of rotatable bonds is 2. The van der Waals surface area contributed by atoms with Gasteiger partial charge in [0.1, 0.15) is 17.5 Å². The second-order valence-electron chi connectivity index (χ2n) is 6.44. The van der Waals surface area contributed by atoms with Gasteiger partial charge in [0.15, 0.2) is 0 Å². The highest BCUT2D eigenvalue weighted by Gasteiger charge is 2.27. The Morgan fingerprint density at radius 1 is 1.32 bits per heavy atom.